The largest absolute Gasteiger partial charge is 0.347 e. The summed E-state index contributed by atoms with van der Waals surface area (Å²) in [4.78, 5) is 20.9. The second-order valence-corrected chi connectivity index (χ2v) is 4.88. The fraction of sp³-hybridized carbons (Fsp3) is 0.333. The fourth-order valence-corrected chi connectivity index (χ4v) is 1.92. The molecule has 0 atom stereocenters. The van der Waals surface area contributed by atoms with Gasteiger partial charge in [0.1, 0.15) is 5.82 Å². The van der Waals surface area contributed by atoms with Crippen LogP contribution in [0.3, 0.4) is 0 Å². The van der Waals surface area contributed by atoms with Crippen molar-refractivity contribution in [3.05, 3.63) is 53.1 Å². The fourth-order valence-electron chi connectivity index (χ4n) is 1.92. The van der Waals surface area contributed by atoms with Crippen molar-refractivity contribution in [2.75, 3.05) is 7.05 Å². The average Bonchev–Trinajstić information content (AvgIpc) is 2.86. The predicted molar refractivity (Wildman–Crippen MR) is 74.7 cm³/mol. The molecule has 4 nitrogen and oxygen atoms in total. The highest BCUT2D eigenvalue weighted by molar-refractivity contribution is 5.78. The number of H-pyrrole nitrogens is 1. The van der Waals surface area contributed by atoms with Crippen LogP contribution in [-0.4, -0.2) is 27.8 Å². The van der Waals surface area contributed by atoms with Crippen LogP contribution in [0.2, 0.25) is 0 Å². The van der Waals surface area contributed by atoms with E-state index in [0.717, 1.165) is 11.4 Å². The maximum absolute atomic E-state index is 12.1. The molecule has 4 heteroatoms. The molecule has 1 N–H and O–H groups in total. The van der Waals surface area contributed by atoms with Crippen molar-refractivity contribution in [3.63, 3.8) is 0 Å². The Kier molecular flexibility index (Phi) is 4.00. The van der Waals surface area contributed by atoms with E-state index in [2.05, 4.69) is 35.9 Å². The van der Waals surface area contributed by atoms with Gasteiger partial charge in [-0.2, -0.15) is 0 Å². The molecular weight excluding hydrogens is 238 g/mol. The molecule has 1 aromatic carbocycles. The van der Waals surface area contributed by atoms with Gasteiger partial charge in [0, 0.05) is 19.4 Å². The first-order chi connectivity index (χ1) is 9.06. The van der Waals surface area contributed by atoms with Crippen LogP contribution in [0.25, 0.3) is 0 Å². The Morgan fingerprint density at radius 1 is 1.32 bits per heavy atom. The molecule has 0 unspecified atom stereocenters. The number of carbonyl (C=O) groups excluding carboxylic acids is 1. The first kappa shape index (κ1) is 13.3. The van der Waals surface area contributed by atoms with Gasteiger partial charge >= 0.3 is 0 Å². The zero-order valence-electron chi connectivity index (χ0n) is 11.6. The van der Waals surface area contributed by atoms with E-state index in [1.807, 2.05) is 6.07 Å². The Bertz CT molecular complexity index is 561. The SMILES string of the molecule is Cc1ccc(CC(=O)N(C)Cc2ncc[nH]2)cc1C. The van der Waals surface area contributed by atoms with Crippen molar-refractivity contribution < 1.29 is 4.79 Å². The van der Waals surface area contributed by atoms with Crippen molar-refractivity contribution in [3.8, 4) is 0 Å². The van der Waals surface area contributed by atoms with Crippen LogP contribution in [0.5, 0.6) is 0 Å². The van der Waals surface area contributed by atoms with E-state index < -0.39 is 0 Å². The molecular formula is C15H19N3O. The number of aromatic amines is 1. The minimum atomic E-state index is 0.0969. The lowest BCUT2D eigenvalue weighted by Gasteiger charge is -2.16. The predicted octanol–water partition coefficient (Wildman–Crippen LogP) is 2.23. The highest BCUT2D eigenvalue weighted by atomic mass is 16.2. The zero-order chi connectivity index (χ0) is 13.8. The third-order valence-electron chi connectivity index (χ3n) is 3.29. The summed E-state index contributed by atoms with van der Waals surface area (Å²) in [6.45, 7) is 4.65. The molecule has 1 heterocycles. The zero-order valence-corrected chi connectivity index (χ0v) is 11.6. The van der Waals surface area contributed by atoms with Crippen molar-refractivity contribution in [2.45, 2.75) is 26.8 Å². The van der Waals surface area contributed by atoms with Gasteiger partial charge in [-0.25, -0.2) is 4.98 Å². The molecule has 1 amide bonds. The van der Waals surface area contributed by atoms with Crippen LogP contribution in [-0.2, 0) is 17.8 Å². The maximum atomic E-state index is 12.1. The number of hydrogen-bond donors (Lipinski definition) is 1. The molecule has 1 aromatic heterocycles. The summed E-state index contributed by atoms with van der Waals surface area (Å²) in [5, 5.41) is 0. The Morgan fingerprint density at radius 2 is 2.11 bits per heavy atom. The van der Waals surface area contributed by atoms with Crippen molar-refractivity contribution >= 4 is 5.91 Å². The Hall–Kier alpha value is -2.10. The molecule has 0 bridgehead atoms. The number of likely N-dealkylation sites (N-methyl/N-ethyl adjacent to an activating group) is 1. The van der Waals surface area contributed by atoms with Crippen LogP contribution < -0.4 is 0 Å². The molecule has 0 spiro atoms. The summed E-state index contributed by atoms with van der Waals surface area (Å²) in [5.74, 6) is 0.899. The van der Waals surface area contributed by atoms with Crippen LogP contribution in [0.1, 0.15) is 22.5 Å². The molecule has 100 valence electrons. The molecule has 0 saturated heterocycles. The summed E-state index contributed by atoms with van der Waals surface area (Å²) in [6.07, 6.45) is 3.88. The molecule has 2 rings (SSSR count). The lowest BCUT2D eigenvalue weighted by molar-refractivity contribution is -0.129. The van der Waals surface area contributed by atoms with Gasteiger partial charge in [-0.15, -0.1) is 0 Å². The third kappa shape index (κ3) is 3.44. The molecule has 0 radical (unpaired) electrons. The lowest BCUT2D eigenvalue weighted by atomic mass is 10.0. The molecule has 0 aliphatic heterocycles. The smallest absolute Gasteiger partial charge is 0.227 e. The van der Waals surface area contributed by atoms with E-state index in [-0.39, 0.29) is 5.91 Å². The summed E-state index contributed by atoms with van der Waals surface area (Å²) in [6, 6.07) is 6.15. The van der Waals surface area contributed by atoms with Crippen LogP contribution >= 0.6 is 0 Å². The molecule has 0 saturated carbocycles. The highest BCUT2D eigenvalue weighted by Gasteiger charge is 2.11. The third-order valence-corrected chi connectivity index (χ3v) is 3.29. The Morgan fingerprint density at radius 3 is 2.74 bits per heavy atom. The van der Waals surface area contributed by atoms with Gasteiger partial charge in [0.05, 0.1) is 13.0 Å². The number of nitrogens with one attached hydrogen (secondary N) is 1. The molecule has 0 fully saturated rings. The minimum Gasteiger partial charge on any atom is -0.347 e. The van der Waals surface area contributed by atoms with Gasteiger partial charge in [0.2, 0.25) is 5.91 Å². The van der Waals surface area contributed by atoms with E-state index in [1.165, 1.54) is 11.1 Å². The quantitative estimate of drug-likeness (QED) is 0.913. The number of aromatic nitrogens is 2. The minimum absolute atomic E-state index is 0.0969. The van der Waals surface area contributed by atoms with E-state index in [0.29, 0.717) is 13.0 Å². The van der Waals surface area contributed by atoms with Crippen LogP contribution in [0.4, 0.5) is 0 Å². The number of benzene rings is 1. The number of aryl methyl sites for hydroxylation is 2. The molecule has 0 aliphatic rings. The van der Waals surface area contributed by atoms with Crippen LogP contribution in [0.15, 0.2) is 30.6 Å². The standard InChI is InChI=1S/C15H19N3O/c1-11-4-5-13(8-12(11)2)9-15(19)18(3)10-14-16-6-7-17-14/h4-8H,9-10H2,1-3H3,(H,16,17). The van der Waals surface area contributed by atoms with Crippen molar-refractivity contribution in [1.29, 1.82) is 0 Å². The van der Waals surface area contributed by atoms with Crippen LogP contribution in [0, 0.1) is 13.8 Å². The first-order valence-electron chi connectivity index (χ1n) is 6.34. The van der Waals surface area contributed by atoms with Gasteiger partial charge in [0.25, 0.3) is 0 Å². The lowest BCUT2D eigenvalue weighted by Crippen LogP contribution is -2.28. The summed E-state index contributed by atoms with van der Waals surface area (Å²) >= 11 is 0. The topological polar surface area (TPSA) is 49.0 Å². The summed E-state index contributed by atoms with van der Waals surface area (Å²) in [7, 11) is 1.80. The van der Waals surface area contributed by atoms with E-state index in [9.17, 15) is 4.79 Å². The number of hydrogen-bond acceptors (Lipinski definition) is 2. The number of carbonyl (C=O) groups is 1. The van der Waals surface area contributed by atoms with Gasteiger partial charge < -0.3 is 9.88 Å². The number of imidazole rings is 1. The molecule has 19 heavy (non-hydrogen) atoms. The van der Waals surface area contributed by atoms with Gasteiger partial charge in [-0.1, -0.05) is 18.2 Å². The maximum Gasteiger partial charge on any atom is 0.227 e. The van der Waals surface area contributed by atoms with Crippen molar-refractivity contribution in [1.82, 2.24) is 14.9 Å². The second-order valence-electron chi connectivity index (χ2n) is 4.88. The Balaban J connectivity index is 1.98. The molecule has 0 aliphatic carbocycles. The summed E-state index contributed by atoms with van der Waals surface area (Å²) < 4.78 is 0. The first-order valence-corrected chi connectivity index (χ1v) is 6.34. The Labute approximate surface area is 113 Å². The van der Waals surface area contributed by atoms with Gasteiger partial charge in [-0.05, 0) is 30.5 Å². The number of rotatable bonds is 4. The van der Waals surface area contributed by atoms with Gasteiger partial charge in [0.15, 0.2) is 0 Å². The van der Waals surface area contributed by atoms with Crippen molar-refractivity contribution in [2.24, 2.45) is 0 Å². The van der Waals surface area contributed by atoms with E-state index in [1.54, 1.807) is 24.3 Å². The second kappa shape index (κ2) is 5.69. The molecule has 2 aromatic rings. The number of amides is 1. The van der Waals surface area contributed by atoms with Gasteiger partial charge in [-0.3, -0.25) is 4.79 Å². The summed E-state index contributed by atoms with van der Waals surface area (Å²) in [5.41, 5.74) is 3.53. The van der Waals surface area contributed by atoms with E-state index >= 15 is 0 Å². The number of nitrogens with zero attached hydrogens (tertiary/aromatic N) is 2. The monoisotopic (exact) mass is 257 g/mol. The van der Waals surface area contributed by atoms with E-state index in [4.69, 9.17) is 0 Å². The highest BCUT2D eigenvalue weighted by Crippen LogP contribution is 2.11. The average molecular weight is 257 g/mol. The normalized spacial score (nSPS) is 10.5.